The van der Waals surface area contributed by atoms with Crippen molar-refractivity contribution in [2.75, 3.05) is 13.7 Å². The molecule has 0 saturated carbocycles. The van der Waals surface area contributed by atoms with Gasteiger partial charge in [0.05, 0.1) is 25.7 Å². The van der Waals surface area contributed by atoms with Crippen LogP contribution in [0.25, 0.3) is 6.08 Å². The molecule has 3 heteroatoms. The molecule has 1 fully saturated rings. The van der Waals surface area contributed by atoms with E-state index in [1.54, 1.807) is 7.11 Å². The van der Waals surface area contributed by atoms with Crippen LogP contribution in [0.1, 0.15) is 5.56 Å². The van der Waals surface area contributed by atoms with Crippen molar-refractivity contribution in [2.45, 2.75) is 6.10 Å². The molecule has 0 N–H and O–H groups in total. The summed E-state index contributed by atoms with van der Waals surface area (Å²) in [6, 6.07) is 7.63. The van der Waals surface area contributed by atoms with Crippen LogP contribution >= 0.6 is 0 Å². The Bertz CT molecular complexity index is 593. The van der Waals surface area contributed by atoms with Gasteiger partial charge in [0.1, 0.15) is 5.75 Å². The number of allylic oxidation sites excluding steroid dienone is 2. The quantitative estimate of drug-likeness (QED) is 0.774. The molecule has 1 heterocycles. The van der Waals surface area contributed by atoms with Crippen LogP contribution in [-0.2, 0) is 9.53 Å². The fourth-order valence-corrected chi connectivity index (χ4v) is 2.47. The highest BCUT2D eigenvalue weighted by atomic mass is 16.5. The van der Waals surface area contributed by atoms with Gasteiger partial charge < -0.3 is 9.47 Å². The highest BCUT2D eigenvalue weighted by molar-refractivity contribution is 6.03. The van der Waals surface area contributed by atoms with Crippen molar-refractivity contribution in [3.05, 3.63) is 59.7 Å². The zero-order valence-corrected chi connectivity index (χ0v) is 11.3. The van der Waals surface area contributed by atoms with Crippen molar-refractivity contribution >= 4 is 11.9 Å². The van der Waals surface area contributed by atoms with E-state index < -0.39 is 0 Å². The number of hydrogen-bond acceptors (Lipinski definition) is 3. The van der Waals surface area contributed by atoms with Crippen molar-refractivity contribution < 1.29 is 14.3 Å². The molecule has 20 heavy (non-hydrogen) atoms. The van der Waals surface area contributed by atoms with E-state index in [4.69, 9.17) is 9.47 Å². The lowest BCUT2D eigenvalue weighted by Crippen LogP contribution is -2.36. The molecule has 1 saturated heterocycles. The molecule has 2 unspecified atom stereocenters. The van der Waals surface area contributed by atoms with E-state index >= 15 is 0 Å². The summed E-state index contributed by atoms with van der Waals surface area (Å²) in [6.07, 6.45) is 9.46. The van der Waals surface area contributed by atoms with Crippen LogP contribution in [0.4, 0.5) is 0 Å². The third-order valence-corrected chi connectivity index (χ3v) is 3.59. The van der Waals surface area contributed by atoms with E-state index in [1.807, 2.05) is 54.6 Å². The second-order valence-corrected chi connectivity index (χ2v) is 4.88. The molecular formula is C17H16O3. The average Bonchev–Trinajstić information content (AvgIpc) is 2.51. The van der Waals surface area contributed by atoms with Gasteiger partial charge in [-0.2, -0.15) is 0 Å². The highest BCUT2D eigenvalue weighted by Crippen LogP contribution is 2.27. The summed E-state index contributed by atoms with van der Waals surface area (Å²) in [5.41, 5.74) is 1.70. The van der Waals surface area contributed by atoms with Gasteiger partial charge in [-0.15, -0.1) is 0 Å². The highest BCUT2D eigenvalue weighted by Gasteiger charge is 2.33. The topological polar surface area (TPSA) is 35.5 Å². The molecule has 2 atom stereocenters. The van der Waals surface area contributed by atoms with Gasteiger partial charge >= 0.3 is 0 Å². The lowest BCUT2D eigenvalue weighted by Gasteiger charge is -2.29. The number of ketones is 1. The third-order valence-electron chi connectivity index (χ3n) is 3.59. The summed E-state index contributed by atoms with van der Waals surface area (Å²) in [6.45, 7) is 0.365. The minimum absolute atomic E-state index is 0.111. The van der Waals surface area contributed by atoms with Gasteiger partial charge in [0.2, 0.25) is 0 Å². The molecule has 0 amide bonds. The van der Waals surface area contributed by atoms with Crippen LogP contribution in [0.3, 0.4) is 0 Å². The van der Waals surface area contributed by atoms with E-state index in [2.05, 4.69) is 0 Å². The SMILES string of the molecule is COc1ccc(C=C2COC3C=CC=CC3C2=O)cc1. The first kappa shape index (κ1) is 12.9. The number of rotatable bonds is 2. The summed E-state index contributed by atoms with van der Waals surface area (Å²) in [5, 5.41) is 0. The Morgan fingerprint density at radius 1 is 1.20 bits per heavy atom. The number of hydrogen-bond donors (Lipinski definition) is 0. The van der Waals surface area contributed by atoms with Crippen molar-refractivity contribution in [3.63, 3.8) is 0 Å². The summed E-state index contributed by atoms with van der Waals surface area (Å²) < 4.78 is 10.9. The average molecular weight is 268 g/mol. The molecule has 102 valence electrons. The number of ether oxygens (including phenoxy) is 2. The first-order valence-corrected chi connectivity index (χ1v) is 6.63. The van der Waals surface area contributed by atoms with Gasteiger partial charge in [0.25, 0.3) is 0 Å². The molecule has 1 aliphatic heterocycles. The number of carbonyl (C=O) groups is 1. The predicted molar refractivity (Wildman–Crippen MR) is 77.5 cm³/mol. The zero-order chi connectivity index (χ0) is 13.9. The Kier molecular flexibility index (Phi) is 3.52. The van der Waals surface area contributed by atoms with Crippen LogP contribution in [0.2, 0.25) is 0 Å². The smallest absolute Gasteiger partial charge is 0.170 e. The monoisotopic (exact) mass is 268 g/mol. The summed E-state index contributed by atoms with van der Waals surface area (Å²) >= 11 is 0. The van der Waals surface area contributed by atoms with E-state index in [1.165, 1.54) is 0 Å². The molecule has 3 rings (SSSR count). The Balaban J connectivity index is 1.82. The Labute approximate surface area is 118 Å². The molecule has 1 aromatic carbocycles. The van der Waals surface area contributed by atoms with Crippen molar-refractivity contribution in [2.24, 2.45) is 5.92 Å². The fourth-order valence-electron chi connectivity index (χ4n) is 2.47. The predicted octanol–water partition coefficient (Wildman–Crippen LogP) is 2.79. The molecule has 1 aromatic rings. The van der Waals surface area contributed by atoms with E-state index in [0.717, 1.165) is 16.9 Å². The van der Waals surface area contributed by atoms with Crippen molar-refractivity contribution in [1.82, 2.24) is 0 Å². The van der Waals surface area contributed by atoms with Crippen molar-refractivity contribution in [3.8, 4) is 5.75 Å². The van der Waals surface area contributed by atoms with Gasteiger partial charge in [0.15, 0.2) is 5.78 Å². The van der Waals surface area contributed by atoms with Gasteiger partial charge in [-0.1, -0.05) is 36.4 Å². The molecule has 0 spiro atoms. The number of fused-ring (bicyclic) bond motifs is 1. The molecule has 1 aliphatic carbocycles. The van der Waals surface area contributed by atoms with Crippen molar-refractivity contribution in [1.29, 1.82) is 0 Å². The van der Waals surface area contributed by atoms with E-state index in [-0.39, 0.29) is 17.8 Å². The molecular weight excluding hydrogens is 252 g/mol. The minimum Gasteiger partial charge on any atom is -0.497 e. The number of benzene rings is 1. The summed E-state index contributed by atoms with van der Waals surface area (Å²) in [5.74, 6) is 0.773. The molecule has 2 aliphatic rings. The van der Waals surface area contributed by atoms with Crippen LogP contribution in [0, 0.1) is 5.92 Å². The lowest BCUT2D eigenvalue weighted by atomic mass is 9.86. The largest absolute Gasteiger partial charge is 0.497 e. The van der Waals surface area contributed by atoms with Crippen LogP contribution in [0.5, 0.6) is 5.75 Å². The van der Waals surface area contributed by atoms with E-state index in [0.29, 0.717) is 6.61 Å². The normalized spacial score (nSPS) is 26.6. The second kappa shape index (κ2) is 5.47. The maximum atomic E-state index is 12.4. The zero-order valence-electron chi connectivity index (χ0n) is 11.3. The number of methoxy groups -OCH3 is 1. The maximum Gasteiger partial charge on any atom is 0.170 e. The number of Topliss-reactive ketones (excluding diaryl/α,β-unsaturated/α-hetero) is 1. The van der Waals surface area contributed by atoms with Crippen LogP contribution in [0.15, 0.2) is 54.1 Å². The first-order chi connectivity index (χ1) is 9.78. The Morgan fingerprint density at radius 3 is 2.70 bits per heavy atom. The lowest BCUT2D eigenvalue weighted by molar-refractivity contribution is -0.125. The van der Waals surface area contributed by atoms with Gasteiger partial charge in [-0.05, 0) is 23.8 Å². The van der Waals surface area contributed by atoms with Gasteiger partial charge in [-0.25, -0.2) is 0 Å². The Morgan fingerprint density at radius 2 is 1.95 bits per heavy atom. The van der Waals surface area contributed by atoms with Crippen LogP contribution in [-0.4, -0.2) is 25.6 Å². The first-order valence-electron chi connectivity index (χ1n) is 6.63. The standard InChI is InChI=1S/C17H16O3/c1-19-14-8-6-12(7-9-14)10-13-11-20-16-5-3-2-4-15(16)17(13)18/h2-10,15-16H,11H2,1H3. The fraction of sp³-hybridized carbons (Fsp3) is 0.235. The van der Waals surface area contributed by atoms with Gasteiger partial charge in [0, 0.05) is 5.57 Å². The molecule has 0 radical (unpaired) electrons. The molecule has 3 nitrogen and oxygen atoms in total. The molecule has 0 bridgehead atoms. The second-order valence-electron chi connectivity index (χ2n) is 4.88. The minimum atomic E-state index is -0.182. The maximum absolute atomic E-state index is 12.4. The third kappa shape index (κ3) is 2.45. The van der Waals surface area contributed by atoms with Gasteiger partial charge in [-0.3, -0.25) is 4.79 Å². The van der Waals surface area contributed by atoms with Crippen LogP contribution < -0.4 is 4.74 Å². The summed E-state index contributed by atoms with van der Waals surface area (Å²) in [4.78, 5) is 12.4. The summed E-state index contributed by atoms with van der Waals surface area (Å²) in [7, 11) is 1.63. The Hall–Kier alpha value is -2.13. The number of carbonyl (C=O) groups excluding carboxylic acids is 1. The van der Waals surface area contributed by atoms with E-state index in [9.17, 15) is 4.79 Å². The molecule has 0 aromatic heterocycles.